The molecule has 0 heterocycles. The summed E-state index contributed by atoms with van der Waals surface area (Å²) in [4.78, 5) is 18.7. The molecule has 0 saturated carbocycles. The molecular weight excluding hydrogens is 358 g/mol. The molecule has 0 amide bonds. The second-order valence-corrected chi connectivity index (χ2v) is 5.64. The first-order chi connectivity index (χ1) is 10.1. The van der Waals surface area contributed by atoms with Crippen molar-refractivity contribution >= 4 is 33.2 Å². The van der Waals surface area contributed by atoms with Gasteiger partial charge in [0.05, 0.1) is 0 Å². The van der Waals surface area contributed by atoms with Gasteiger partial charge in [-0.25, -0.2) is 9.00 Å². The molecule has 0 radical (unpaired) electrons. The zero-order valence-electron chi connectivity index (χ0n) is 10.7. The summed E-state index contributed by atoms with van der Waals surface area (Å²) in [5, 5.41) is 0. The van der Waals surface area contributed by atoms with Crippen molar-refractivity contribution in [2.45, 2.75) is 5.92 Å². The van der Waals surface area contributed by atoms with Crippen LogP contribution in [0.1, 0.15) is 17.0 Å². The van der Waals surface area contributed by atoms with Crippen molar-refractivity contribution in [3.8, 4) is 0 Å². The van der Waals surface area contributed by atoms with Crippen LogP contribution in [0.15, 0.2) is 59.1 Å². The Kier molecular flexibility index (Phi) is 5.63. The normalized spacial score (nSPS) is 13.4. The maximum Gasteiger partial charge on any atom is 0.337 e. The second-order valence-electron chi connectivity index (χ2n) is 4.12. The Labute approximate surface area is 132 Å². The van der Waals surface area contributed by atoms with E-state index in [0.717, 1.165) is 10.0 Å². The molecule has 2 rings (SSSR count). The van der Waals surface area contributed by atoms with E-state index in [9.17, 15) is 9.00 Å². The van der Waals surface area contributed by atoms with Gasteiger partial charge in [-0.15, -0.1) is 0 Å². The Morgan fingerprint density at radius 1 is 1.14 bits per heavy atom. The zero-order valence-corrected chi connectivity index (χ0v) is 13.1. The molecular formula is C14H12BrNO4S. The second kappa shape index (κ2) is 7.46. The topological polar surface area (TPSA) is 75.6 Å². The first-order valence-corrected chi connectivity index (χ1v) is 7.86. The van der Waals surface area contributed by atoms with Crippen molar-refractivity contribution in [1.82, 2.24) is 4.89 Å². The molecule has 2 atom stereocenters. The van der Waals surface area contributed by atoms with Crippen LogP contribution in [0.25, 0.3) is 0 Å². The van der Waals surface area contributed by atoms with Gasteiger partial charge < -0.3 is 4.84 Å². The fourth-order valence-corrected chi connectivity index (χ4v) is 2.60. The highest BCUT2D eigenvalue weighted by Crippen LogP contribution is 2.31. The minimum absolute atomic E-state index is 0.671. The first-order valence-electron chi connectivity index (χ1n) is 5.96. The molecule has 21 heavy (non-hydrogen) atoms. The Hall–Kier alpha value is -1.54. The van der Waals surface area contributed by atoms with Crippen molar-refractivity contribution in [1.29, 1.82) is 0 Å². The molecule has 5 nitrogen and oxygen atoms in total. The van der Waals surface area contributed by atoms with E-state index >= 15 is 0 Å². The van der Waals surface area contributed by atoms with Gasteiger partial charge in [0.1, 0.15) is 5.92 Å². The number of hydrogen-bond donors (Lipinski definition) is 2. The molecule has 0 fully saturated rings. The number of halogens is 1. The zero-order chi connectivity index (χ0) is 15.2. The van der Waals surface area contributed by atoms with Crippen LogP contribution in [0.2, 0.25) is 0 Å². The Balaban J connectivity index is 2.38. The molecule has 0 aliphatic rings. The first kappa shape index (κ1) is 15.8. The number of benzene rings is 2. The molecule has 110 valence electrons. The summed E-state index contributed by atoms with van der Waals surface area (Å²) < 4.78 is 20.0. The van der Waals surface area contributed by atoms with Crippen molar-refractivity contribution < 1.29 is 18.4 Å². The quantitative estimate of drug-likeness (QED) is 0.627. The van der Waals surface area contributed by atoms with E-state index in [1.807, 2.05) is 30.3 Å². The lowest BCUT2D eigenvalue weighted by Crippen LogP contribution is -2.26. The van der Waals surface area contributed by atoms with Crippen LogP contribution in [0.4, 0.5) is 0 Å². The number of carbonyl (C=O) groups excluding carboxylic acids is 1. The summed E-state index contributed by atoms with van der Waals surface area (Å²) >= 11 is 0.979. The lowest BCUT2D eigenvalue weighted by Gasteiger charge is -2.17. The highest BCUT2D eigenvalue weighted by molar-refractivity contribution is 9.10. The van der Waals surface area contributed by atoms with Crippen LogP contribution in [0.5, 0.6) is 0 Å². The average Bonchev–Trinajstić information content (AvgIpc) is 2.48. The summed E-state index contributed by atoms with van der Waals surface area (Å²) in [6.07, 6.45) is 0. The van der Waals surface area contributed by atoms with E-state index in [1.54, 1.807) is 29.2 Å². The summed E-state index contributed by atoms with van der Waals surface area (Å²) in [6, 6.07) is 16.3. The van der Waals surface area contributed by atoms with E-state index in [0.29, 0.717) is 5.56 Å². The monoisotopic (exact) mass is 369 g/mol. The molecule has 0 aliphatic carbocycles. The molecule has 2 unspecified atom stereocenters. The van der Waals surface area contributed by atoms with E-state index in [1.165, 1.54) is 0 Å². The van der Waals surface area contributed by atoms with Crippen LogP contribution in [-0.4, -0.2) is 14.7 Å². The molecule has 0 bridgehead atoms. The Morgan fingerprint density at radius 3 is 2.38 bits per heavy atom. The van der Waals surface area contributed by atoms with Crippen LogP contribution >= 0.6 is 15.9 Å². The van der Waals surface area contributed by atoms with Gasteiger partial charge in [0, 0.05) is 4.47 Å². The van der Waals surface area contributed by atoms with Crippen LogP contribution in [0.3, 0.4) is 0 Å². The number of nitrogens with one attached hydrogen (secondary N) is 1. The number of carbonyl (C=O) groups is 1. The van der Waals surface area contributed by atoms with Crippen LogP contribution < -0.4 is 4.89 Å². The van der Waals surface area contributed by atoms with Crippen LogP contribution in [-0.2, 0) is 20.9 Å². The lowest BCUT2D eigenvalue weighted by atomic mass is 9.91. The predicted octanol–water partition coefficient (Wildman–Crippen LogP) is 2.77. The fourth-order valence-electron chi connectivity index (χ4n) is 1.93. The molecule has 2 aromatic carbocycles. The summed E-state index contributed by atoms with van der Waals surface area (Å²) in [6.45, 7) is 0. The molecule has 0 aromatic heterocycles. The molecule has 2 aromatic rings. The minimum atomic E-state index is -2.43. The van der Waals surface area contributed by atoms with Crippen molar-refractivity contribution in [2.24, 2.45) is 0 Å². The molecule has 0 spiro atoms. The Bertz CT molecular complexity index is 650. The number of hydrogen-bond acceptors (Lipinski definition) is 3. The average molecular weight is 370 g/mol. The highest BCUT2D eigenvalue weighted by Gasteiger charge is 2.26. The Morgan fingerprint density at radius 2 is 1.76 bits per heavy atom. The number of rotatable bonds is 5. The predicted molar refractivity (Wildman–Crippen MR) is 82.4 cm³/mol. The summed E-state index contributed by atoms with van der Waals surface area (Å²) in [7, 11) is 0. The maximum absolute atomic E-state index is 12.2. The molecule has 2 N–H and O–H groups in total. The smallest absolute Gasteiger partial charge is 0.337 e. The molecule has 7 heteroatoms. The SMILES string of the molecule is O=C(ONS(=O)O)C(c1ccccc1)c1ccccc1Br. The van der Waals surface area contributed by atoms with Gasteiger partial charge in [-0.3, -0.25) is 4.55 Å². The van der Waals surface area contributed by atoms with Crippen molar-refractivity contribution in [3.63, 3.8) is 0 Å². The summed E-state index contributed by atoms with van der Waals surface area (Å²) in [5.74, 6) is -1.38. The highest BCUT2D eigenvalue weighted by atomic mass is 79.9. The third-order valence-corrected chi connectivity index (χ3v) is 3.75. The largest absolute Gasteiger partial charge is 0.355 e. The van der Waals surface area contributed by atoms with Gasteiger partial charge in [0.2, 0.25) is 0 Å². The van der Waals surface area contributed by atoms with Crippen molar-refractivity contribution in [3.05, 3.63) is 70.2 Å². The van der Waals surface area contributed by atoms with Gasteiger partial charge >= 0.3 is 5.97 Å². The van der Waals surface area contributed by atoms with E-state index in [-0.39, 0.29) is 0 Å². The van der Waals surface area contributed by atoms with Crippen molar-refractivity contribution in [2.75, 3.05) is 0 Å². The van der Waals surface area contributed by atoms with Crippen LogP contribution in [0, 0.1) is 0 Å². The minimum Gasteiger partial charge on any atom is -0.355 e. The van der Waals surface area contributed by atoms with Gasteiger partial charge in [-0.1, -0.05) is 64.5 Å². The van der Waals surface area contributed by atoms with E-state index in [2.05, 4.69) is 20.8 Å². The third kappa shape index (κ3) is 4.21. The van der Waals surface area contributed by atoms with Gasteiger partial charge in [-0.05, 0) is 22.1 Å². The van der Waals surface area contributed by atoms with Gasteiger partial charge in [-0.2, -0.15) is 0 Å². The van der Waals surface area contributed by atoms with Gasteiger partial charge in [0.15, 0.2) is 0 Å². The van der Waals surface area contributed by atoms with Gasteiger partial charge in [0.25, 0.3) is 11.3 Å². The summed E-state index contributed by atoms with van der Waals surface area (Å²) in [5.41, 5.74) is 1.43. The van der Waals surface area contributed by atoms with E-state index in [4.69, 9.17) is 4.55 Å². The molecule has 0 saturated heterocycles. The lowest BCUT2D eigenvalue weighted by molar-refractivity contribution is -0.148. The third-order valence-electron chi connectivity index (χ3n) is 2.80. The maximum atomic E-state index is 12.2. The molecule has 0 aliphatic heterocycles. The fraction of sp³-hybridized carbons (Fsp3) is 0.0714. The standard InChI is InChI=1S/C14H12BrNO4S/c15-12-9-5-4-8-11(12)13(10-6-2-1-3-7-10)14(17)20-16-21(18)19/h1-9,13,16H,(H,18,19). The van der Waals surface area contributed by atoms with E-state index < -0.39 is 23.2 Å².